The summed E-state index contributed by atoms with van der Waals surface area (Å²) in [6.45, 7) is 16.3. The van der Waals surface area contributed by atoms with E-state index in [0.29, 0.717) is 83.1 Å². The van der Waals surface area contributed by atoms with E-state index >= 15 is 0 Å². The number of aryl methyl sites for hydroxylation is 3. The summed E-state index contributed by atoms with van der Waals surface area (Å²) in [6.07, 6.45) is 20.2. The molecule has 0 atom stereocenters. The number of piperazine rings is 2. The summed E-state index contributed by atoms with van der Waals surface area (Å²) in [7, 11) is 0. The summed E-state index contributed by atoms with van der Waals surface area (Å²) < 4.78 is 52.5. The minimum atomic E-state index is -1.06. The van der Waals surface area contributed by atoms with E-state index in [4.69, 9.17) is 26.3 Å². The van der Waals surface area contributed by atoms with Crippen molar-refractivity contribution in [3.8, 4) is 6.01 Å². The van der Waals surface area contributed by atoms with Crippen LogP contribution < -0.4 is 35.9 Å². The van der Waals surface area contributed by atoms with Crippen LogP contribution in [0.2, 0.25) is 5.28 Å². The van der Waals surface area contributed by atoms with Gasteiger partial charge in [-0.2, -0.15) is 0 Å². The molecule has 5 N–H and O–H groups in total. The third kappa shape index (κ3) is 17.2. The van der Waals surface area contributed by atoms with Crippen LogP contribution in [0.1, 0.15) is 79.3 Å². The number of pyridine rings is 3. The minimum absolute atomic E-state index is 0.0106. The molecule has 2 aliphatic heterocycles. The molecule has 0 unspecified atom stereocenters. The third-order valence-corrected chi connectivity index (χ3v) is 14.5. The molecule has 0 saturated carbocycles. The van der Waals surface area contributed by atoms with Gasteiger partial charge in [0.1, 0.15) is 16.6 Å². The normalized spacial score (nSPS) is 13.0. The number of aromatic nitrogens is 17. The van der Waals surface area contributed by atoms with Gasteiger partial charge in [-0.05, 0) is 70.5 Å². The monoisotopic (exact) mass is 1370 g/mol. The predicted octanol–water partition coefficient (Wildman–Crippen LogP) is 7.35. The fourth-order valence-corrected chi connectivity index (χ4v) is 9.83. The zero-order chi connectivity index (χ0) is 70.1. The number of para-hydroxylation sites is 1. The highest BCUT2D eigenvalue weighted by atomic mass is 35.5. The number of carbonyl (C=O) groups excluding carboxylic acids is 4. The lowest BCUT2D eigenvalue weighted by atomic mass is 10.2. The van der Waals surface area contributed by atoms with Crippen molar-refractivity contribution in [3.63, 3.8) is 0 Å². The number of hydrogen-bond donors (Lipinski definition) is 5. The van der Waals surface area contributed by atoms with Crippen LogP contribution in [-0.2, 0) is 4.74 Å². The number of imidazole rings is 3. The summed E-state index contributed by atoms with van der Waals surface area (Å²) in [5.74, 6) is -2.90. The topological polar surface area (TPSA) is 368 Å². The Morgan fingerprint density at radius 3 is 1.37 bits per heavy atom. The molecule has 2 fully saturated rings. The first-order valence-corrected chi connectivity index (χ1v) is 30.6. The Morgan fingerprint density at radius 1 is 0.545 bits per heavy atom. The number of amides is 4. The van der Waals surface area contributed by atoms with Gasteiger partial charge >= 0.3 is 18.1 Å². The second kappa shape index (κ2) is 29.7. The number of aromatic carboxylic acids is 1. The van der Waals surface area contributed by atoms with Gasteiger partial charge in [0.15, 0.2) is 34.4 Å². The van der Waals surface area contributed by atoms with Crippen LogP contribution in [0.25, 0.3) is 28.0 Å². The Balaban J connectivity index is 0.000000141. The third-order valence-electron chi connectivity index (χ3n) is 14.3. The van der Waals surface area contributed by atoms with Crippen molar-refractivity contribution < 1.29 is 51.8 Å². The highest BCUT2D eigenvalue weighted by Crippen LogP contribution is 2.22. The van der Waals surface area contributed by atoms with Crippen LogP contribution in [-0.4, -0.2) is 181 Å². The summed E-state index contributed by atoms with van der Waals surface area (Å²) in [6, 6.07) is 10.9. The molecule has 2 aliphatic rings. The molecule has 0 aliphatic carbocycles. The summed E-state index contributed by atoms with van der Waals surface area (Å²) in [4.78, 5) is 117. The van der Waals surface area contributed by atoms with Crippen LogP contribution >= 0.6 is 11.6 Å². The molecular formula is C63H60ClF3N24O8. The summed E-state index contributed by atoms with van der Waals surface area (Å²) in [5.41, 5.74) is 5.09. The summed E-state index contributed by atoms with van der Waals surface area (Å²) in [5, 5.41) is 27.4. The number of anilines is 5. The van der Waals surface area contributed by atoms with Crippen molar-refractivity contribution in [1.29, 1.82) is 0 Å². The van der Waals surface area contributed by atoms with E-state index in [0.717, 1.165) is 38.6 Å². The SMILES string of the molecule is Cc1cn2cc(NC(=O)c3cnc(N4CCN(C(=O)OC(C)(C)C)CC4)nc3)cc(F)c2n1.Cc1cn2cc(NC(=O)c3cnc(N4CCNCC4)nc3)cc(F)c2n1.Cc1cn2cc(NC(=O)c3cnc(On4nnc5ccccc54)nc3)cc(F)c2n1.O=C(O)c1cnc(Cl)nc1. The number of nitrogens with one attached hydrogen (secondary N) is 4. The second-order valence-corrected chi connectivity index (χ2v) is 23.3. The predicted molar refractivity (Wildman–Crippen MR) is 352 cm³/mol. The Hall–Kier alpha value is -12.4. The van der Waals surface area contributed by atoms with E-state index in [1.807, 2.05) is 37.8 Å². The molecule has 99 heavy (non-hydrogen) atoms. The van der Waals surface area contributed by atoms with Gasteiger partial charge in [0.25, 0.3) is 17.7 Å². The molecule has 1 aromatic carbocycles. The van der Waals surface area contributed by atoms with Gasteiger partial charge in [-0.1, -0.05) is 17.0 Å². The second-order valence-electron chi connectivity index (χ2n) is 23.0. The van der Waals surface area contributed by atoms with Crippen LogP contribution in [0.5, 0.6) is 6.01 Å². The average Bonchev–Trinajstić information content (AvgIpc) is 1.85. The Bertz CT molecular complexity index is 4920. The molecule has 12 aromatic rings. The van der Waals surface area contributed by atoms with Crippen molar-refractivity contribution in [3.05, 3.63) is 191 Å². The Morgan fingerprint density at radius 2 is 0.949 bits per heavy atom. The van der Waals surface area contributed by atoms with Crippen LogP contribution in [0.15, 0.2) is 129 Å². The quantitative estimate of drug-likeness (QED) is 0.0790. The van der Waals surface area contributed by atoms with E-state index in [2.05, 4.69) is 91.3 Å². The van der Waals surface area contributed by atoms with Gasteiger partial charge < -0.3 is 63.8 Å². The Kier molecular flexibility index (Phi) is 20.4. The van der Waals surface area contributed by atoms with Crippen molar-refractivity contribution in [2.75, 3.05) is 78.1 Å². The number of hydrogen-bond acceptors (Lipinski definition) is 23. The lowest BCUT2D eigenvalue weighted by Gasteiger charge is -2.35. The number of carboxylic acid groups (broad SMARTS) is 1. The zero-order valence-electron chi connectivity index (χ0n) is 53.5. The molecule has 2 saturated heterocycles. The van der Waals surface area contributed by atoms with Gasteiger partial charge in [-0.15, -0.1) is 5.10 Å². The first kappa shape index (κ1) is 68.0. The van der Waals surface area contributed by atoms with E-state index < -0.39 is 46.7 Å². The number of halogens is 4. The van der Waals surface area contributed by atoms with Crippen LogP contribution in [0.4, 0.5) is 46.9 Å². The molecule has 14 rings (SSSR count). The van der Waals surface area contributed by atoms with Crippen LogP contribution in [0.3, 0.4) is 0 Å². The minimum Gasteiger partial charge on any atom is -0.478 e. The first-order valence-electron chi connectivity index (χ1n) is 30.2. The van der Waals surface area contributed by atoms with Gasteiger partial charge in [0, 0.05) is 157 Å². The molecule has 508 valence electrons. The number of carboxylic acids is 1. The molecular weight excluding hydrogens is 1310 g/mol. The molecule has 13 heterocycles. The average molecular weight is 1370 g/mol. The van der Waals surface area contributed by atoms with Gasteiger partial charge in [0.05, 0.1) is 56.4 Å². The number of rotatable bonds is 11. The Labute approximate surface area is 563 Å². The molecule has 0 bridgehead atoms. The molecule has 0 spiro atoms. The van der Waals surface area contributed by atoms with E-state index in [1.54, 1.807) is 79.4 Å². The van der Waals surface area contributed by atoms with Gasteiger partial charge in [0.2, 0.25) is 17.2 Å². The fourth-order valence-electron chi connectivity index (χ4n) is 9.73. The first-order chi connectivity index (χ1) is 47.4. The number of fused-ring (bicyclic) bond motifs is 4. The maximum atomic E-state index is 14.2. The summed E-state index contributed by atoms with van der Waals surface area (Å²) >= 11 is 5.30. The standard InChI is InChI=1S/C22H26FN7O3.C19H13FN8O2.C17H18FN7O.C5H3ClN2O2/c1-14-12-30-13-16(9-17(23)18(30)26-14)27-19(31)15-10-24-20(25-11-15)28-5-7-29(8-6-28)21(32)33-22(2,3)4;1-11-9-27-10-13(6-14(20)17(27)23-11)24-18(29)12-7-21-19(22-8-12)30-28-16-5-3-2-4-15(16)25-26-28;1-11-9-25-10-13(6-14(18)15(25)22-11)23-16(26)12-7-20-17(21-8-12)24-4-2-19-3-5-24;6-5-7-1-3(2-8-5)4(9)10/h9-13H,5-8H2,1-4H3,(H,27,31);2-10H,1H3,(H,24,29);6-10,19H,2-5H2,1H3,(H,23,26);1-2H,(H,9,10). The highest BCUT2D eigenvalue weighted by Gasteiger charge is 2.27. The molecule has 36 heteroatoms. The lowest BCUT2D eigenvalue weighted by Crippen LogP contribution is -2.50. The molecule has 32 nitrogen and oxygen atoms in total. The van der Waals surface area contributed by atoms with Crippen molar-refractivity contribution in [2.24, 2.45) is 0 Å². The van der Waals surface area contributed by atoms with Gasteiger partial charge in [-0.25, -0.2) is 77.6 Å². The van der Waals surface area contributed by atoms with Gasteiger partial charge in [-0.3, -0.25) is 14.4 Å². The highest BCUT2D eigenvalue weighted by molar-refractivity contribution is 6.28. The van der Waals surface area contributed by atoms with E-state index in [-0.39, 0.29) is 56.7 Å². The smallest absolute Gasteiger partial charge is 0.410 e. The maximum Gasteiger partial charge on any atom is 0.410 e. The van der Waals surface area contributed by atoms with Crippen molar-refractivity contribution in [2.45, 2.75) is 47.1 Å². The van der Waals surface area contributed by atoms with Crippen molar-refractivity contribution >= 4 is 98.3 Å². The van der Waals surface area contributed by atoms with E-state index in [9.17, 15) is 37.1 Å². The number of carbonyl (C=O) groups is 5. The number of nitrogens with zero attached hydrogens (tertiary/aromatic N) is 20. The number of ether oxygens (including phenoxy) is 1. The van der Waals surface area contributed by atoms with Crippen LogP contribution in [0, 0.1) is 38.2 Å². The van der Waals surface area contributed by atoms with Crippen molar-refractivity contribution in [1.82, 2.24) is 93.4 Å². The zero-order valence-corrected chi connectivity index (χ0v) is 54.3. The molecule has 0 radical (unpaired) electrons. The fraction of sp³-hybridized carbons (Fsp3) is 0.238. The number of benzene rings is 1. The lowest BCUT2D eigenvalue weighted by molar-refractivity contribution is 0.0239. The maximum absolute atomic E-state index is 14.2. The van der Waals surface area contributed by atoms with E-state index in [1.165, 1.54) is 69.0 Å². The largest absolute Gasteiger partial charge is 0.478 e. The molecule has 11 aromatic heterocycles. The molecule has 4 amide bonds.